The fraction of sp³-hybridized carbons (Fsp3) is 0.667. The number of rotatable bonds is 2. The lowest BCUT2D eigenvalue weighted by Gasteiger charge is -2.21. The fourth-order valence-electron chi connectivity index (χ4n) is 2.02. The van der Waals surface area contributed by atoms with Crippen LogP contribution < -0.4 is 5.14 Å². The predicted octanol–water partition coefficient (Wildman–Crippen LogP) is 1.04. The number of nitrogens with two attached hydrogens (primary N) is 1. The third kappa shape index (κ3) is 2.38. The summed E-state index contributed by atoms with van der Waals surface area (Å²) in [6, 6.07) is 1.80. The second kappa shape index (κ2) is 3.94. The van der Waals surface area contributed by atoms with Crippen molar-refractivity contribution in [3.05, 3.63) is 12.3 Å². The van der Waals surface area contributed by atoms with Gasteiger partial charge in [-0.05, 0) is 18.9 Å². The van der Waals surface area contributed by atoms with Gasteiger partial charge in [0.05, 0.1) is 6.04 Å². The first kappa shape index (κ1) is 10.6. The standard InChI is InChI=1S/C9H15N3O2S/c10-15(13,14)9-6-7-12(11-9)8-4-2-1-3-5-8/h6-8H,1-5H2,(H2,10,13,14). The highest BCUT2D eigenvalue weighted by atomic mass is 32.2. The second-order valence-electron chi connectivity index (χ2n) is 3.97. The summed E-state index contributed by atoms with van der Waals surface area (Å²) in [5.41, 5.74) is 0. The highest BCUT2D eigenvalue weighted by Crippen LogP contribution is 2.27. The Morgan fingerprint density at radius 3 is 2.53 bits per heavy atom. The molecule has 1 aliphatic carbocycles. The average Bonchev–Trinajstić information content (AvgIpc) is 2.67. The van der Waals surface area contributed by atoms with E-state index in [9.17, 15) is 8.42 Å². The Labute approximate surface area is 89.3 Å². The molecule has 84 valence electrons. The summed E-state index contributed by atoms with van der Waals surface area (Å²) in [4.78, 5) is 0. The van der Waals surface area contributed by atoms with Crippen LogP contribution >= 0.6 is 0 Å². The molecule has 0 unspecified atom stereocenters. The molecule has 1 fully saturated rings. The van der Waals surface area contributed by atoms with Crippen molar-refractivity contribution < 1.29 is 8.42 Å². The van der Waals surface area contributed by atoms with Crippen LogP contribution in [0.4, 0.5) is 0 Å². The van der Waals surface area contributed by atoms with E-state index in [1.807, 2.05) is 0 Å². The Morgan fingerprint density at radius 1 is 1.33 bits per heavy atom. The van der Waals surface area contributed by atoms with E-state index in [4.69, 9.17) is 5.14 Å². The normalized spacial score (nSPS) is 19.3. The minimum atomic E-state index is -3.65. The van der Waals surface area contributed by atoms with E-state index in [2.05, 4.69) is 5.10 Å². The van der Waals surface area contributed by atoms with Gasteiger partial charge in [-0.1, -0.05) is 19.3 Å². The molecule has 0 saturated heterocycles. The maximum Gasteiger partial charge on any atom is 0.257 e. The molecule has 1 heterocycles. The average molecular weight is 229 g/mol. The van der Waals surface area contributed by atoms with Crippen molar-refractivity contribution in [2.45, 2.75) is 43.2 Å². The molecule has 2 N–H and O–H groups in total. The van der Waals surface area contributed by atoms with Gasteiger partial charge in [-0.15, -0.1) is 0 Å². The molecule has 0 radical (unpaired) electrons. The second-order valence-corrected chi connectivity index (χ2v) is 5.48. The molecular formula is C9H15N3O2S. The van der Waals surface area contributed by atoms with Crippen molar-refractivity contribution in [1.29, 1.82) is 0 Å². The lowest BCUT2D eigenvalue weighted by molar-refractivity contribution is 0.326. The SMILES string of the molecule is NS(=O)(=O)c1ccn(C2CCCCC2)n1. The molecule has 1 aliphatic rings. The van der Waals surface area contributed by atoms with Crippen LogP contribution in [-0.4, -0.2) is 18.2 Å². The van der Waals surface area contributed by atoms with Crippen LogP contribution in [0.2, 0.25) is 0 Å². The van der Waals surface area contributed by atoms with Crippen LogP contribution in [0.3, 0.4) is 0 Å². The van der Waals surface area contributed by atoms with E-state index in [1.165, 1.54) is 25.3 Å². The van der Waals surface area contributed by atoms with Crippen molar-refractivity contribution in [2.24, 2.45) is 5.14 Å². The molecular weight excluding hydrogens is 214 g/mol. The van der Waals surface area contributed by atoms with Gasteiger partial charge in [-0.2, -0.15) is 5.10 Å². The van der Waals surface area contributed by atoms with Gasteiger partial charge in [0, 0.05) is 6.20 Å². The Hall–Kier alpha value is -0.880. The highest BCUT2D eigenvalue weighted by molar-refractivity contribution is 7.89. The molecule has 1 aromatic rings. The lowest BCUT2D eigenvalue weighted by Crippen LogP contribution is -2.16. The van der Waals surface area contributed by atoms with E-state index in [1.54, 1.807) is 10.9 Å². The number of sulfonamides is 1. The summed E-state index contributed by atoms with van der Waals surface area (Å²) >= 11 is 0. The zero-order chi connectivity index (χ0) is 10.9. The van der Waals surface area contributed by atoms with Crippen LogP contribution in [0.5, 0.6) is 0 Å². The maximum absolute atomic E-state index is 11.0. The number of hydrogen-bond acceptors (Lipinski definition) is 3. The largest absolute Gasteiger partial charge is 0.268 e. The van der Waals surface area contributed by atoms with Gasteiger partial charge < -0.3 is 0 Å². The quantitative estimate of drug-likeness (QED) is 0.822. The summed E-state index contributed by atoms with van der Waals surface area (Å²) in [7, 11) is -3.65. The number of aromatic nitrogens is 2. The van der Waals surface area contributed by atoms with Gasteiger partial charge in [0.25, 0.3) is 10.0 Å². The van der Waals surface area contributed by atoms with Crippen molar-refractivity contribution in [3.63, 3.8) is 0 Å². The first-order chi connectivity index (χ1) is 7.07. The van der Waals surface area contributed by atoms with Crippen molar-refractivity contribution >= 4 is 10.0 Å². The third-order valence-corrected chi connectivity index (χ3v) is 3.62. The van der Waals surface area contributed by atoms with Crippen LogP contribution in [0.25, 0.3) is 0 Å². The van der Waals surface area contributed by atoms with Gasteiger partial charge in [-0.25, -0.2) is 13.6 Å². The van der Waals surface area contributed by atoms with Crippen LogP contribution in [0.15, 0.2) is 17.3 Å². The Kier molecular flexibility index (Phi) is 2.79. The molecule has 15 heavy (non-hydrogen) atoms. The van der Waals surface area contributed by atoms with Gasteiger partial charge >= 0.3 is 0 Å². The smallest absolute Gasteiger partial charge is 0.257 e. The van der Waals surface area contributed by atoms with Gasteiger partial charge in [0.1, 0.15) is 0 Å². The summed E-state index contributed by atoms with van der Waals surface area (Å²) in [5, 5.41) is 8.97. The zero-order valence-corrected chi connectivity index (χ0v) is 9.28. The van der Waals surface area contributed by atoms with Crippen LogP contribution in [-0.2, 0) is 10.0 Å². The van der Waals surface area contributed by atoms with Crippen molar-refractivity contribution in [2.75, 3.05) is 0 Å². The highest BCUT2D eigenvalue weighted by Gasteiger charge is 2.18. The van der Waals surface area contributed by atoms with Crippen molar-refractivity contribution in [1.82, 2.24) is 9.78 Å². The summed E-state index contributed by atoms with van der Waals surface area (Å²) < 4.78 is 23.8. The molecule has 0 atom stereocenters. The van der Waals surface area contributed by atoms with E-state index >= 15 is 0 Å². The molecule has 0 spiro atoms. The van der Waals surface area contributed by atoms with Gasteiger partial charge in [0.2, 0.25) is 0 Å². The molecule has 0 aliphatic heterocycles. The topological polar surface area (TPSA) is 78.0 Å². The van der Waals surface area contributed by atoms with Gasteiger partial charge in [0.15, 0.2) is 5.03 Å². The molecule has 0 bridgehead atoms. The summed E-state index contributed by atoms with van der Waals surface area (Å²) in [5.74, 6) is 0. The molecule has 5 nitrogen and oxygen atoms in total. The van der Waals surface area contributed by atoms with E-state index in [-0.39, 0.29) is 5.03 Å². The Bertz CT molecular complexity index is 432. The first-order valence-electron chi connectivity index (χ1n) is 5.15. The molecule has 2 rings (SSSR count). The van der Waals surface area contributed by atoms with E-state index in [0.29, 0.717) is 6.04 Å². The molecule has 0 amide bonds. The fourth-order valence-corrected chi connectivity index (χ4v) is 2.48. The first-order valence-corrected chi connectivity index (χ1v) is 6.70. The lowest BCUT2D eigenvalue weighted by atomic mass is 9.96. The van der Waals surface area contributed by atoms with E-state index < -0.39 is 10.0 Å². The molecule has 1 aromatic heterocycles. The summed E-state index contributed by atoms with van der Waals surface area (Å²) in [6.07, 6.45) is 7.50. The number of primary sulfonamides is 1. The minimum absolute atomic E-state index is 0.0342. The Balaban J connectivity index is 2.19. The van der Waals surface area contributed by atoms with Gasteiger partial charge in [-0.3, -0.25) is 4.68 Å². The number of hydrogen-bond donors (Lipinski definition) is 1. The minimum Gasteiger partial charge on any atom is -0.268 e. The Morgan fingerprint density at radius 2 is 2.00 bits per heavy atom. The molecule has 6 heteroatoms. The van der Waals surface area contributed by atoms with E-state index in [0.717, 1.165) is 12.8 Å². The predicted molar refractivity (Wildman–Crippen MR) is 55.7 cm³/mol. The monoisotopic (exact) mass is 229 g/mol. The number of nitrogens with zero attached hydrogens (tertiary/aromatic N) is 2. The third-order valence-electron chi connectivity index (χ3n) is 2.82. The maximum atomic E-state index is 11.0. The van der Waals surface area contributed by atoms with Crippen molar-refractivity contribution in [3.8, 4) is 0 Å². The zero-order valence-electron chi connectivity index (χ0n) is 8.46. The molecule has 0 aromatic carbocycles. The van der Waals surface area contributed by atoms with Crippen LogP contribution in [0, 0.1) is 0 Å². The summed E-state index contributed by atoms with van der Waals surface area (Å²) in [6.45, 7) is 0. The van der Waals surface area contributed by atoms with Crippen LogP contribution in [0.1, 0.15) is 38.1 Å². The molecule has 1 saturated carbocycles.